The van der Waals surface area contributed by atoms with E-state index in [0.717, 1.165) is 18.5 Å². The Labute approximate surface area is 124 Å². The lowest BCUT2D eigenvalue weighted by molar-refractivity contribution is 0.234. The van der Waals surface area contributed by atoms with E-state index in [0.29, 0.717) is 13.1 Å². The van der Waals surface area contributed by atoms with Crippen LogP contribution in [0, 0.1) is 0 Å². The molecule has 120 valence electrons. The van der Waals surface area contributed by atoms with Crippen molar-refractivity contribution >= 4 is 15.5 Å². The van der Waals surface area contributed by atoms with Crippen LogP contribution in [-0.2, 0) is 9.84 Å². The van der Waals surface area contributed by atoms with Crippen LogP contribution in [0.2, 0.25) is 0 Å². The van der Waals surface area contributed by atoms with Crippen LogP contribution in [0.25, 0.3) is 0 Å². The van der Waals surface area contributed by atoms with E-state index in [1.807, 2.05) is 0 Å². The Bertz CT molecular complexity index is 528. The number of sulfone groups is 1. The van der Waals surface area contributed by atoms with Gasteiger partial charge in [-0.05, 0) is 37.1 Å². The van der Waals surface area contributed by atoms with Gasteiger partial charge in [0.1, 0.15) is 0 Å². The summed E-state index contributed by atoms with van der Waals surface area (Å²) in [6.45, 7) is 5.22. The second kappa shape index (κ2) is 7.70. The monoisotopic (exact) mass is 320 g/mol. The second-order valence-electron chi connectivity index (χ2n) is 4.75. The molecule has 1 rings (SSSR count). The minimum Gasteiger partial charge on any atom is -0.367 e. The normalized spacial score (nSPS) is 12.1. The van der Waals surface area contributed by atoms with Crippen LogP contribution in [0.3, 0.4) is 0 Å². The highest BCUT2D eigenvalue weighted by Crippen LogP contribution is 2.24. The molecule has 0 aliphatic heterocycles. The van der Waals surface area contributed by atoms with Gasteiger partial charge in [-0.15, -0.1) is 0 Å². The summed E-state index contributed by atoms with van der Waals surface area (Å²) < 4.78 is 47.8. The molecule has 1 aromatic carbocycles. The predicted octanol–water partition coefficient (Wildman–Crippen LogP) is 2.64. The second-order valence-corrected chi connectivity index (χ2v) is 6.67. The Kier molecular flexibility index (Phi) is 6.54. The van der Waals surface area contributed by atoms with Gasteiger partial charge in [0.15, 0.2) is 0 Å². The molecule has 7 heteroatoms. The summed E-state index contributed by atoms with van der Waals surface area (Å²) >= 11 is 0. The van der Waals surface area contributed by atoms with Crippen molar-refractivity contribution < 1.29 is 17.2 Å². The lowest BCUT2D eigenvalue weighted by Crippen LogP contribution is -2.38. The fraction of sp³-hybridized carbons (Fsp3) is 0.571. The molecular weight excluding hydrogens is 298 g/mol. The molecule has 0 bridgehead atoms. The van der Waals surface area contributed by atoms with Crippen molar-refractivity contribution in [1.29, 1.82) is 0 Å². The van der Waals surface area contributed by atoms with Crippen LogP contribution in [0.1, 0.15) is 26.7 Å². The van der Waals surface area contributed by atoms with E-state index >= 15 is 0 Å². The number of alkyl halides is 2. The van der Waals surface area contributed by atoms with Gasteiger partial charge in [-0.1, -0.05) is 13.8 Å². The molecule has 0 saturated carbocycles. The Morgan fingerprint density at radius 1 is 1.14 bits per heavy atom. The summed E-state index contributed by atoms with van der Waals surface area (Å²) in [4.78, 5) is 1.72. The molecule has 0 heterocycles. The maximum absolute atomic E-state index is 12.5. The van der Waals surface area contributed by atoms with Gasteiger partial charge in [-0.25, -0.2) is 8.42 Å². The summed E-state index contributed by atoms with van der Waals surface area (Å²) in [5, 5.41) is 0. The smallest absolute Gasteiger partial charge is 0.341 e. The SMILES string of the molecule is CCC(CC)N(CCN)c1ccc(S(=O)(=O)C(F)F)cc1. The maximum atomic E-state index is 12.5. The average molecular weight is 320 g/mol. The third kappa shape index (κ3) is 4.14. The summed E-state index contributed by atoms with van der Waals surface area (Å²) in [6, 6.07) is 5.85. The van der Waals surface area contributed by atoms with Gasteiger partial charge >= 0.3 is 5.76 Å². The van der Waals surface area contributed by atoms with Gasteiger partial charge in [0.05, 0.1) is 4.90 Å². The highest BCUT2D eigenvalue weighted by molar-refractivity contribution is 7.91. The van der Waals surface area contributed by atoms with Gasteiger partial charge < -0.3 is 10.6 Å². The number of rotatable bonds is 8. The lowest BCUT2D eigenvalue weighted by atomic mass is 10.1. The van der Waals surface area contributed by atoms with Crippen molar-refractivity contribution in [2.24, 2.45) is 5.73 Å². The Hall–Kier alpha value is -1.21. The Balaban J connectivity index is 3.09. The van der Waals surface area contributed by atoms with Gasteiger partial charge in [-0.3, -0.25) is 0 Å². The van der Waals surface area contributed by atoms with Crippen molar-refractivity contribution in [3.63, 3.8) is 0 Å². The van der Waals surface area contributed by atoms with E-state index in [1.54, 1.807) is 12.1 Å². The third-order valence-electron chi connectivity index (χ3n) is 3.48. The van der Waals surface area contributed by atoms with E-state index in [1.165, 1.54) is 12.1 Å². The fourth-order valence-electron chi connectivity index (χ4n) is 2.32. The first kappa shape index (κ1) is 17.8. The maximum Gasteiger partial charge on any atom is 0.341 e. The number of benzene rings is 1. The molecule has 0 amide bonds. The zero-order valence-electron chi connectivity index (χ0n) is 12.3. The molecule has 0 radical (unpaired) electrons. The highest BCUT2D eigenvalue weighted by Gasteiger charge is 2.26. The minimum atomic E-state index is -4.54. The van der Waals surface area contributed by atoms with Crippen molar-refractivity contribution in [2.45, 2.75) is 43.4 Å². The molecule has 2 N–H and O–H groups in total. The standard InChI is InChI=1S/C14H22F2N2O2S/c1-3-11(4-2)18(10-9-17)12-5-7-13(8-6-12)21(19,20)14(15)16/h5-8,11,14H,3-4,9-10,17H2,1-2H3. The number of halogens is 2. The number of nitrogens with zero attached hydrogens (tertiary/aromatic N) is 1. The van der Waals surface area contributed by atoms with Crippen LogP contribution < -0.4 is 10.6 Å². The van der Waals surface area contributed by atoms with Crippen LogP contribution >= 0.6 is 0 Å². The number of anilines is 1. The van der Waals surface area contributed by atoms with E-state index in [-0.39, 0.29) is 10.9 Å². The largest absolute Gasteiger partial charge is 0.367 e. The molecule has 0 fully saturated rings. The third-order valence-corrected chi connectivity index (χ3v) is 4.88. The molecule has 0 saturated heterocycles. The quantitative estimate of drug-likeness (QED) is 0.800. The zero-order chi connectivity index (χ0) is 16.0. The van der Waals surface area contributed by atoms with Crippen molar-refractivity contribution in [3.05, 3.63) is 24.3 Å². The van der Waals surface area contributed by atoms with Crippen LogP contribution in [0.4, 0.5) is 14.5 Å². The molecule has 0 spiro atoms. The van der Waals surface area contributed by atoms with E-state index in [2.05, 4.69) is 18.7 Å². The van der Waals surface area contributed by atoms with Crippen LogP contribution in [0.5, 0.6) is 0 Å². The molecule has 0 unspecified atom stereocenters. The first-order valence-corrected chi connectivity index (χ1v) is 8.51. The summed E-state index contributed by atoms with van der Waals surface area (Å²) in [6.07, 6.45) is 1.85. The van der Waals surface area contributed by atoms with Gasteiger partial charge in [0, 0.05) is 24.8 Å². The van der Waals surface area contributed by atoms with E-state index < -0.39 is 15.6 Å². The summed E-state index contributed by atoms with van der Waals surface area (Å²) in [7, 11) is -4.54. The Morgan fingerprint density at radius 3 is 2.05 bits per heavy atom. The van der Waals surface area contributed by atoms with Crippen molar-refractivity contribution in [1.82, 2.24) is 0 Å². The predicted molar refractivity (Wildman–Crippen MR) is 80.4 cm³/mol. The lowest BCUT2D eigenvalue weighted by Gasteiger charge is -2.32. The van der Waals surface area contributed by atoms with Crippen molar-refractivity contribution in [3.8, 4) is 0 Å². The van der Waals surface area contributed by atoms with Gasteiger partial charge in [0.2, 0.25) is 9.84 Å². The molecule has 4 nitrogen and oxygen atoms in total. The average Bonchev–Trinajstić information content (AvgIpc) is 2.47. The first-order valence-electron chi connectivity index (χ1n) is 6.97. The van der Waals surface area contributed by atoms with E-state index in [4.69, 9.17) is 5.73 Å². The molecule has 1 aromatic rings. The molecule has 0 atom stereocenters. The zero-order valence-corrected chi connectivity index (χ0v) is 13.1. The fourth-order valence-corrected chi connectivity index (χ4v) is 3.04. The summed E-state index contributed by atoms with van der Waals surface area (Å²) in [5.74, 6) is -3.40. The molecular formula is C14H22F2N2O2S. The van der Waals surface area contributed by atoms with E-state index in [9.17, 15) is 17.2 Å². The number of nitrogens with two attached hydrogens (primary N) is 1. The topological polar surface area (TPSA) is 63.4 Å². The van der Waals surface area contributed by atoms with Crippen LogP contribution in [-0.4, -0.2) is 33.3 Å². The van der Waals surface area contributed by atoms with Gasteiger partial charge in [0.25, 0.3) is 0 Å². The first-order chi connectivity index (χ1) is 9.88. The molecule has 0 aromatic heterocycles. The van der Waals surface area contributed by atoms with Gasteiger partial charge in [-0.2, -0.15) is 8.78 Å². The minimum absolute atomic E-state index is 0.283. The highest BCUT2D eigenvalue weighted by atomic mass is 32.2. The molecule has 21 heavy (non-hydrogen) atoms. The van der Waals surface area contributed by atoms with Crippen molar-refractivity contribution in [2.75, 3.05) is 18.0 Å². The summed E-state index contributed by atoms with van der Waals surface area (Å²) in [5.41, 5.74) is 6.41. The van der Waals surface area contributed by atoms with Crippen LogP contribution in [0.15, 0.2) is 29.2 Å². The molecule has 0 aliphatic carbocycles. The number of hydrogen-bond acceptors (Lipinski definition) is 4. The Morgan fingerprint density at radius 2 is 1.67 bits per heavy atom. The molecule has 0 aliphatic rings. The number of hydrogen-bond donors (Lipinski definition) is 1.